The summed E-state index contributed by atoms with van der Waals surface area (Å²) in [5, 5.41) is 22.6. The van der Waals surface area contributed by atoms with Crippen LogP contribution in [0, 0.1) is 5.41 Å². The molecule has 0 spiro atoms. The number of anilines is 1. The van der Waals surface area contributed by atoms with Crippen molar-refractivity contribution in [3.8, 4) is 0 Å². The number of benzene rings is 2. The van der Waals surface area contributed by atoms with Crippen LogP contribution in [0.25, 0.3) is 5.76 Å². The maximum absolute atomic E-state index is 13.3. The third kappa shape index (κ3) is 3.31. The quantitative estimate of drug-likeness (QED) is 0.483. The van der Waals surface area contributed by atoms with Crippen LogP contribution in [-0.2, 0) is 4.79 Å². The van der Waals surface area contributed by atoms with Crippen LogP contribution in [0.4, 0.5) is 5.69 Å². The third-order valence-corrected chi connectivity index (χ3v) is 6.84. The molecule has 154 valence electrons. The van der Waals surface area contributed by atoms with Crippen molar-refractivity contribution in [1.82, 2.24) is 0 Å². The smallest absolute Gasteiger partial charge is 0.161 e. The van der Waals surface area contributed by atoms with Gasteiger partial charge in [0, 0.05) is 33.8 Å². The van der Waals surface area contributed by atoms with Crippen molar-refractivity contribution in [3.63, 3.8) is 0 Å². The Labute approximate surface area is 185 Å². The minimum atomic E-state index is -0.435. The molecule has 0 fully saturated rings. The summed E-state index contributed by atoms with van der Waals surface area (Å²) in [5.74, 6) is -0.0591. The minimum Gasteiger partial charge on any atom is -0.507 e. The third-order valence-electron chi connectivity index (χ3n) is 5.90. The summed E-state index contributed by atoms with van der Waals surface area (Å²) in [6, 6.07) is 22.9. The number of allylic oxidation sites excluding steroid dienone is 2. The van der Waals surface area contributed by atoms with Gasteiger partial charge in [0.25, 0.3) is 0 Å². The van der Waals surface area contributed by atoms with Gasteiger partial charge in [-0.05, 0) is 36.4 Å². The standard InChI is InChI=1S/C26H22N2O2S/c27-26-24(25(30)17-9-3-1-4-10-17)23(21-15-8-16-31-21)22-19(13-7-14-20(22)29)28(26)18-11-5-2-6-12-18/h1-6,8-12,15-16,23,27,30H,7,13-14H2/t23-/m1/s1. The van der Waals surface area contributed by atoms with Crippen molar-refractivity contribution in [2.24, 2.45) is 0 Å². The second kappa shape index (κ2) is 8.00. The molecule has 1 aliphatic heterocycles. The second-order valence-corrected chi connectivity index (χ2v) is 8.71. The molecule has 5 heteroatoms. The van der Waals surface area contributed by atoms with Gasteiger partial charge in [-0.15, -0.1) is 11.3 Å². The van der Waals surface area contributed by atoms with Gasteiger partial charge >= 0.3 is 0 Å². The van der Waals surface area contributed by atoms with Crippen LogP contribution in [0.15, 0.2) is 95.0 Å². The molecule has 31 heavy (non-hydrogen) atoms. The average Bonchev–Trinajstić information content (AvgIpc) is 3.34. The van der Waals surface area contributed by atoms with Crippen molar-refractivity contribution < 1.29 is 9.90 Å². The molecule has 1 aliphatic carbocycles. The number of rotatable bonds is 3. The van der Waals surface area contributed by atoms with Crippen LogP contribution in [0.1, 0.15) is 35.6 Å². The Balaban J connectivity index is 1.82. The molecule has 0 saturated carbocycles. The molecule has 2 heterocycles. The van der Waals surface area contributed by atoms with Gasteiger partial charge in [0.1, 0.15) is 11.6 Å². The van der Waals surface area contributed by atoms with E-state index in [1.54, 1.807) is 11.3 Å². The van der Waals surface area contributed by atoms with Crippen LogP contribution in [0.3, 0.4) is 0 Å². The highest BCUT2D eigenvalue weighted by atomic mass is 32.1. The molecule has 0 saturated heterocycles. The molecule has 1 atom stereocenters. The number of amidine groups is 1. The highest BCUT2D eigenvalue weighted by Gasteiger charge is 2.43. The van der Waals surface area contributed by atoms with Crippen molar-refractivity contribution >= 4 is 34.4 Å². The fraction of sp³-hybridized carbons (Fsp3) is 0.154. The summed E-state index contributed by atoms with van der Waals surface area (Å²) in [6.07, 6.45) is 2.00. The molecule has 0 radical (unpaired) electrons. The number of carbonyl (C=O) groups excluding carboxylic acids is 1. The molecule has 2 aliphatic rings. The molecule has 4 nitrogen and oxygen atoms in total. The van der Waals surface area contributed by atoms with Crippen LogP contribution in [0.2, 0.25) is 0 Å². The monoisotopic (exact) mass is 426 g/mol. The predicted octanol–water partition coefficient (Wildman–Crippen LogP) is 6.31. The van der Waals surface area contributed by atoms with Gasteiger partial charge in [-0.3, -0.25) is 15.1 Å². The van der Waals surface area contributed by atoms with Gasteiger partial charge < -0.3 is 5.11 Å². The number of carbonyl (C=O) groups is 1. The summed E-state index contributed by atoms with van der Waals surface area (Å²) in [7, 11) is 0. The van der Waals surface area contributed by atoms with Crippen LogP contribution in [0.5, 0.6) is 0 Å². The Morgan fingerprint density at radius 3 is 2.35 bits per heavy atom. The number of nitrogens with zero attached hydrogens (tertiary/aromatic N) is 1. The maximum Gasteiger partial charge on any atom is 0.161 e. The zero-order valence-corrected chi connectivity index (χ0v) is 17.7. The van der Waals surface area contributed by atoms with Crippen molar-refractivity contribution in [2.75, 3.05) is 4.90 Å². The van der Waals surface area contributed by atoms with E-state index in [9.17, 15) is 15.3 Å². The maximum atomic E-state index is 13.3. The molecule has 1 aromatic heterocycles. The number of para-hydroxylation sites is 1. The summed E-state index contributed by atoms with van der Waals surface area (Å²) in [4.78, 5) is 16.1. The highest BCUT2D eigenvalue weighted by molar-refractivity contribution is 7.10. The Morgan fingerprint density at radius 1 is 0.968 bits per heavy atom. The van der Waals surface area contributed by atoms with Crippen LogP contribution < -0.4 is 4.90 Å². The van der Waals surface area contributed by atoms with E-state index in [4.69, 9.17) is 0 Å². The normalized spacial score (nSPS) is 20.6. The fourth-order valence-corrected chi connectivity index (χ4v) is 5.39. The number of ketones is 1. The summed E-state index contributed by atoms with van der Waals surface area (Å²) in [5.41, 5.74) is 3.55. The summed E-state index contributed by atoms with van der Waals surface area (Å²) < 4.78 is 0. The molecule has 5 rings (SSSR count). The van der Waals surface area contributed by atoms with E-state index in [0.29, 0.717) is 23.1 Å². The topological polar surface area (TPSA) is 64.4 Å². The molecule has 0 unspecified atom stereocenters. The number of hydrogen-bond donors (Lipinski definition) is 2. The lowest BCUT2D eigenvalue weighted by Gasteiger charge is -2.41. The summed E-state index contributed by atoms with van der Waals surface area (Å²) in [6.45, 7) is 0. The molecular formula is C26H22N2O2S. The van der Waals surface area contributed by atoms with Gasteiger partial charge in [-0.25, -0.2) is 0 Å². The Hall–Kier alpha value is -3.44. The van der Waals surface area contributed by atoms with Crippen molar-refractivity contribution in [1.29, 1.82) is 5.41 Å². The van der Waals surface area contributed by atoms with E-state index in [1.807, 2.05) is 83.1 Å². The minimum absolute atomic E-state index is 0.0508. The molecule has 2 aromatic carbocycles. The number of hydrogen-bond acceptors (Lipinski definition) is 4. The number of nitrogens with one attached hydrogen (secondary N) is 1. The van der Waals surface area contributed by atoms with E-state index in [1.165, 1.54) is 0 Å². The number of aliphatic hydroxyl groups excluding tert-OH is 1. The first-order chi connectivity index (χ1) is 15.2. The van der Waals surface area contributed by atoms with E-state index >= 15 is 0 Å². The Kier molecular flexibility index (Phi) is 5.04. The zero-order chi connectivity index (χ0) is 21.4. The first-order valence-corrected chi connectivity index (χ1v) is 11.3. The SMILES string of the molecule is N=C1C(=C(O)c2ccccc2)[C@H](c2cccs2)C2=C(CCCC2=O)N1c1ccccc1. The lowest BCUT2D eigenvalue weighted by Crippen LogP contribution is -2.42. The fourth-order valence-electron chi connectivity index (χ4n) is 4.55. The van der Waals surface area contributed by atoms with Gasteiger partial charge in [0.15, 0.2) is 5.78 Å². The predicted molar refractivity (Wildman–Crippen MR) is 126 cm³/mol. The number of aliphatic hydroxyl groups is 1. The van der Waals surface area contributed by atoms with E-state index < -0.39 is 5.92 Å². The highest BCUT2D eigenvalue weighted by Crippen LogP contribution is 2.48. The molecular weight excluding hydrogens is 404 g/mol. The Morgan fingerprint density at radius 2 is 1.68 bits per heavy atom. The molecule has 2 N–H and O–H groups in total. The second-order valence-electron chi connectivity index (χ2n) is 7.73. The van der Waals surface area contributed by atoms with Gasteiger partial charge in [-0.1, -0.05) is 54.6 Å². The van der Waals surface area contributed by atoms with Crippen molar-refractivity contribution in [3.05, 3.63) is 105 Å². The van der Waals surface area contributed by atoms with Gasteiger partial charge in [-0.2, -0.15) is 0 Å². The molecule has 3 aromatic rings. The van der Waals surface area contributed by atoms with E-state index in [2.05, 4.69) is 0 Å². The number of thiophene rings is 1. The first kappa shape index (κ1) is 19.5. The first-order valence-electron chi connectivity index (χ1n) is 10.4. The zero-order valence-electron chi connectivity index (χ0n) is 16.9. The van der Waals surface area contributed by atoms with E-state index in [-0.39, 0.29) is 17.4 Å². The lowest BCUT2D eigenvalue weighted by atomic mass is 9.76. The van der Waals surface area contributed by atoms with Crippen LogP contribution in [-0.4, -0.2) is 16.7 Å². The molecule has 0 bridgehead atoms. The summed E-state index contributed by atoms with van der Waals surface area (Å²) >= 11 is 1.56. The molecule has 0 amide bonds. The van der Waals surface area contributed by atoms with Gasteiger partial charge in [0.05, 0.1) is 11.5 Å². The average molecular weight is 427 g/mol. The number of Topliss-reactive ketones (excluding diaryl/α,β-unsaturated/α-hetero) is 1. The van der Waals surface area contributed by atoms with Crippen molar-refractivity contribution in [2.45, 2.75) is 25.2 Å². The Bertz CT molecular complexity index is 1190. The lowest BCUT2D eigenvalue weighted by molar-refractivity contribution is -0.116. The largest absolute Gasteiger partial charge is 0.507 e. The van der Waals surface area contributed by atoms with E-state index in [0.717, 1.165) is 29.1 Å². The van der Waals surface area contributed by atoms with Crippen LogP contribution >= 0.6 is 11.3 Å². The van der Waals surface area contributed by atoms with Gasteiger partial charge in [0.2, 0.25) is 0 Å².